The highest BCUT2D eigenvalue weighted by Crippen LogP contribution is 2.36. The van der Waals surface area contributed by atoms with Crippen molar-refractivity contribution in [2.75, 3.05) is 0 Å². The number of rotatable bonds is 3. The molecule has 0 atom stereocenters. The monoisotopic (exact) mass is 273 g/mol. The highest BCUT2D eigenvalue weighted by Gasteiger charge is 2.28. The zero-order chi connectivity index (χ0) is 13.8. The molecule has 94 valence electrons. The highest BCUT2D eigenvalue weighted by molar-refractivity contribution is 8.00. The van der Waals surface area contributed by atoms with Gasteiger partial charge in [-0.3, -0.25) is 0 Å². The molecule has 0 aromatic heterocycles. The third kappa shape index (κ3) is 4.51. The van der Waals surface area contributed by atoms with Crippen molar-refractivity contribution >= 4 is 23.8 Å². The van der Waals surface area contributed by atoms with Gasteiger partial charge < -0.3 is 5.11 Å². The molecular formula is C11H6F3NO2S. The van der Waals surface area contributed by atoms with E-state index in [2.05, 4.69) is 0 Å². The van der Waals surface area contributed by atoms with Crippen LogP contribution >= 0.6 is 11.8 Å². The summed E-state index contributed by atoms with van der Waals surface area (Å²) in [5, 5.41) is 17.1. The van der Waals surface area contributed by atoms with Gasteiger partial charge >= 0.3 is 11.5 Å². The maximum atomic E-state index is 12.0. The molecule has 3 nitrogen and oxygen atoms in total. The van der Waals surface area contributed by atoms with Crippen LogP contribution in [-0.2, 0) is 4.79 Å². The van der Waals surface area contributed by atoms with Crippen molar-refractivity contribution in [1.29, 1.82) is 5.26 Å². The number of carbonyl (C=O) groups is 1. The molecule has 0 unspecified atom stereocenters. The van der Waals surface area contributed by atoms with Crippen LogP contribution in [0.25, 0.3) is 6.08 Å². The van der Waals surface area contributed by atoms with E-state index in [0.29, 0.717) is 5.56 Å². The van der Waals surface area contributed by atoms with Crippen LogP contribution in [0, 0.1) is 11.3 Å². The Morgan fingerprint density at radius 3 is 2.28 bits per heavy atom. The number of nitrogens with zero attached hydrogens (tertiary/aromatic N) is 1. The summed E-state index contributed by atoms with van der Waals surface area (Å²) in [4.78, 5) is 10.5. The van der Waals surface area contributed by atoms with Crippen LogP contribution in [0.5, 0.6) is 0 Å². The number of aliphatic carboxylic acids is 1. The van der Waals surface area contributed by atoms with Crippen molar-refractivity contribution in [3.8, 4) is 6.07 Å². The topological polar surface area (TPSA) is 61.1 Å². The molecule has 0 heterocycles. The number of hydrogen-bond acceptors (Lipinski definition) is 3. The number of nitriles is 1. The first-order valence-corrected chi connectivity index (χ1v) is 5.34. The van der Waals surface area contributed by atoms with Crippen LogP contribution in [-0.4, -0.2) is 16.6 Å². The second-order valence-corrected chi connectivity index (χ2v) is 4.23. The third-order valence-corrected chi connectivity index (χ3v) is 2.51. The summed E-state index contributed by atoms with van der Waals surface area (Å²) in [6, 6.07) is 6.53. The molecule has 0 aliphatic rings. The Labute approximate surface area is 105 Å². The van der Waals surface area contributed by atoms with Gasteiger partial charge in [-0.2, -0.15) is 18.4 Å². The predicted molar refractivity (Wildman–Crippen MR) is 59.6 cm³/mol. The Morgan fingerprint density at radius 2 is 1.89 bits per heavy atom. The van der Waals surface area contributed by atoms with Gasteiger partial charge in [-0.25, -0.2) is 4.79 Å². The maximum absolute atomic E-state index is 12.0. The van der Waals surface area contributed by atoms with Crippen LogP contribution in [0.1, 0.15) is 5.56 Å². The van der Waals surface area contributed by atoms with Gasteiger partial charge in [0.15, 0.2) is 0 Å². The van der Waals surface area contributed by atoms with E-state index in [9.17, 15) is 18.0 Å². The summed E-state index contributed by atoms with van der Waals surface area (Å²) in [5.41, 5.74) is -4.50. The number of alkyl halides is 3. The van der Waals surface area contributed by atoms with Crippen LogP contribution in [0.15, 0.2) is 34.7 Å². The fourth-order valence-electron chi connectivity index (χ4n) is 1.07. The summed E-state index contributed by atoms with van der Waals surface area (Å²) in [6.07, 6.45) is 1.09. The molecule has 18 heavy (non-hydrogen) atoms. The van der Waals surface area contributed by atoms with E-state index in [-0.39, 0.29) is 16.7 Å². The number of hydrogen-bond donors (Lipinski definition) is 1. The van der Waals surface area contributed by atoms with E-state index in [1.807, 2.05) is 0 Å². The van der Waals surface area contributed by atoms with Gasteiger partial charge in [-0.15, -0.1) is 0 Å². The molecular weight excluding hydrogens is 267 g/mol. The Morgan fingerprint density at radius 1 is 1.33 bits per heavy atom. The van der Waals surface area contributed by atoms with E-state index in [0.717, 1.165) is 6.08 Å². The normalized spacial score (nSPS) is 12.0. The molecule has 0 bridgehead atoms. The molecule has 0 saturated carbocycles. The Hall–Kier alpha value is -1.94. The van der Waals surface area contributed by atoms with Crippen molar-refractivity contribution in [1.82, 2.24) is 0 Å². The molecule has 1 aromatic carbocycles. The molecule has 0 aliphatic heterocycles. The molecule has 0 amide bonds. The Bertz CT molecular complexity index is 515. The molecule has 1 aromatic rings. The minimum atomic E-state index is -4.36. The minimum Gasteiger partial charge on any atom is -0.477 e. The van der Waals surface area contributed by atoms with Crippen molar-refractivity contribution < 1.29 is 23.1 Å². The zero-order valence-corrected chi connectivity index (χ0v) is 9.55. The van der Waals surface area contributed by atoms with Gasteiger partial charge in [0.25, 0.3) is 0 Å². The van der Waals surface area contributed by atoms with Gasteiger partial charge in [0, 0.05) is 4.90 Å². The maximum Gasteiger partial charge on any atom is 0.446 e. The van der Waals surface area contributed by atoms with E-state index in [1.54, 1.807) is 0 Å². The number of carboxylic acid groups (broad SMARTS) is 1. The number of carboxylic acids is 1. The second-order valence-electron chi connectivity index (χ2n) is 3.09. The van der Waals surface area contributed by atoms with E-state index in [4.69, 9.17) is 10.4 Å². The van der Waals surface area contributed by atoms with E-state index >= 15 is 0 Å². The zero-order valence-electron chi connectivity index (χ0n) is 8.73. The van der Waals surface area contributed by atoms with Gasteiger partial charge in [-0.1, -0.05) is 12.1 Å². The average molecular weight is 273 g/mol. The fraction of sp³-hybridized carbons (Fsp3) is 0.0909. The third-order valence-electron chi connectivity index (χ3n) is 1.78. The van der Waals surface area contributed by atoms with Gasteiger partial charge in [0.1, 0.15) is 11.6 Å². The van der Waals surface area contributed by atoms with Gasteiger partial charge in [0.05, 0.1) is 0 Å². The van der Waals surface area contributed by atoms with Crippen molar-refractivity contribution in [2.45, 2.75) is 10.4 Å². The lowest BCUT2D eigenvalue weighted by Crippen LogP contribution is -1.99. The summed E-state index contributed by atoms with van der Waals surface area (Å²) in [7, 11) is 0. The summed E-state index contributed by atoms with van der Waals surface area (Å²) in [5.74, 6) is -1.38. The first-order valence-electron chi connectivity index (χ1n) is 4.53. The lowest BCUT2D eigenvalue weighted by Gasteiger charge is -2.05. The van der Waals surface area contributed by atoms with E-state index in [1.165, 1.54) is 30.3 Å². The second kappa shape index (κ2) is 5.60. The molecule has 0 spiro atoms. The average Bonchev–Trinajstić information content (AvgIpc) is 2.25. The largest absolute Gasteiger partial charge is 0.477 e. The summed E-state index contributed by atoms with van der Waals surface area (Å²) < 4.78 is 36.1. The van der Waals surface area contributed by atoms with E-state index < -0.39 is 17.1 Å². The number of thioether (sulfide) groups is 1. The van der Waals surface area contributed by atoms with Crippen LogP contribution in [0.4, 0.5) is 13.2 Å². The predicted octanol–water partition coefficient (Wildman–Crippen LogP) is 3.29. The molecule has 0 radical (unpaired) electrons. The summed E-state index contributed by atoms with van der Waals surface area (Å²) in [6.45, 7) is 0. The van der Waals surface area contributed by atoms with Crippen LogP contribution in [0.3, 0.4) is 0 Å². The van der Waals surface area contributed by atoms with Crippen molar-refractivity contribution in [2.24, 2.45) is 0 Å². The molecule has 1 rings (SSSR count). The van der Waals surface area contributed by atoms with Crippen LogP contribution < -0.4 is 0 Å². The molecule has 7 heteroatoms. The molecule has 1 N–H and O–H groups in total. The minimum absolute atomic E-state index is 0.00603. The lowest BCUT2D eigenvalue weighted by atomic mass is 10.1. The number of halogens is 3. The molecule has 0 saturated heterocycles. The molecule has 0 aliphatic carbocycles. The van der Waals surface area contributed by atoms with Gasteiger partial charge in [-0.05, 0) is 35.5 Å². The SMILES string of the molecule is N#CC(=Cc1ccc(SC(F)(F)F)cc1)C(=O)O. The van der Waals surface area contributed by atoms with Crippen molar-refractivity contribution in [3.63, 3.8) is 0 Å². The molecule has 0 fully saturated rings. The summed E-state index contributed by atoms with van der Waals surface area (Å²) >= 11 is -0.262. The Kier molecular flexibility index (Phi) is 4.39. The van der Waals surface area contributed by atoms with Crippen molar-refractivity contribution in [3.05, 3.63) is 35.4 Å². The quantitative estimate of drug-likeness (QED) is 0.521. The Balaban J connectivity index is 2.91. The highest BCUT2D eigenvalue weighted by atomic mass is 32.2. The number of benzene rings is 1. The van der Waals surface area contributed by atoms with Crippen LogP contribution in [0.2, 0.25) is 0 Å². The lowest BCUT2D eigenvalue weighted by molar-refractivity contribution is -0.132. The first kappa shape index (κ1) is 14.1. The fourth-order valence-corrected chi connectivity index (χ4v) is 1.61. The van der Waals surface area contributed by atoms with Gasteiger partial charge in [0.2, 0.25) is 0 Å². The first-order chi connectivity index (χ1) is 8.31. The standard InChI is InChI=1S/C11H6F3NO2S/c12-11(13,14)18-9-3-1-7(2-4-9)5-8(6-15)10(16)17/h1-5H,(H,16,17). The smallest absolute Gasteiger partial charge is 0.446 e.